The van der Waals surface area contributed by atoms with Gasteiger partial charge in [-0.05, 0) is 25.1 Å². The van der Waals surface area contributed by atoms with E-state index in [-0.39, 0.29) is 22.2 Å². The summed E-state index contributed by atoms with van der Waals surface area (Å²) in [5.74, 6) is -0.558. The highest BCUT2D eigenvalue weighted by molar-refractivity contribution is 6.32. The Morgan fingerprint density at radius 2 is 2.13 bits per heavy atom. The molecule has 1 aromatic carbocycles. The van der Waals surface area contributed by atoms with Gasteiger partial charge in [-0.2, -0.15) is 0 Å². The maximum Gasteiger partial charge on any atom is 0.363 e. The summed E-state index contributed by atoms with van der Waals surface area (Å²) in [6.45, 7) is 1.89. The fraction of sp³-hybridized carbons (Fsp3) is 0.0667. The summed E-state index contributed by atoms with van der Waals surface area (Å²) in [4.78, 5) is 26.4. The minimum atomic E-state index is -0.669. The average molecular weight is 332 g/mol. The molecule has 0 fully saturated rings. The lowest BCUT2D eigenvalue weighted by atomic mass is 10.3. The summed E-state index contributed by atoms with van der Waals surface area (Å²) < 4.78 is 6.93. The Morgan fingerprint density at radius 1 is 1.35 bits per heavy atom. The van der Waals surface area contributed by atoms with E-state index in [0.29, 0.717) is 5.65 Å². The number of carbonyl (C=O) groups is 1. The summed E-state index contributed by atoms with van der Waals surface area (Å²) >= 11 is 5.79. The molecule has 2 heterocycles. The first-order chi connectivity index (χ1) is 11.0. The number of esters is 1. The predicted molar refractivity (Wildman–Crippen MR) is 83.0 cm³/mol. The van der Waals surface area contributed by atoms with Crippen molar-refractivity contribution >= 4 is 28.9 Å². The fourth-order valence-corrected chi connectivity index (χ4v) is 2.34. The Labute approximate surface area is 135 Å². The first-order valence-corrected chi connectivity index (χ1v) is 6.94. The number of ether oxygens (including phenoxy) is 1. The van der Waals surface area contributed by atoms with Gasteiger partial charge >= 0.3 is 5.97 Å². The number of hydrogen-bond donors (Lipinski definition) is 0. The van der Waals surface area contributed by atoms with Crippen molar-refractivity contribution < 1.29 is 14.5 Å². The fourth-order valence-electron chi connectivity index (χ4n) is 2.11. The van der Waals surface area contributed by atoms with Gasteiger partial charge in [-0.1, -0.05) is 17.7 Å². The minimum Gasteiger partial charge on any atom is -0.422 e. The van der Waals surface area contributed by atoms with Crippen LogP contribution in [0.5, 0.6) is 5.75 Å². The molecule has 0 aliphatic rings. The van der Waals surface area contributed by atoms with Crippen LogP contribution in [0.4, 0.5) is 5.69 Å². The first kappa shape index (κ1) is 15.0. The summed E-state index contributed by atoms with van der Waals surface area (Å²) in [5.41, 5.74) is 1.43. The van der Waals surface area contributed by atoms with Crippen LogP contribution in [-0.2, 0) is 0 Å². The summed E-state index contributed by atoms with van der Waals surface area (Å²) in [5, 5.41) is 10.6. The summed E-state index contributed by atoms with van der Waals surface area (Å²) in [6, 6.07) is 9.20. The Hall–Kier alpha value is -2.93. The standard InChI is InChI=1S/C15H10ClN3O4/c1-9-3-2-4-14-17-12(8-18(9)14)15(20)23-10-5-6-13(19(21)22)11(16)7-10/h2-8H,1H3. The van der Waals surface area contributed by atoms with Crippen molar-refractivity contribution in [2.45, 2.75) is 6.92 Å². The van der Waals surface area contributed by atoms with Crippen LogP contribution in [0.3, 0.4) is 0 Å². The van der Waals surface area contributed by atoms with E-state index in [1.165, 1.54) is 18.2 Å². The van der Waals surface area contributed by atoms with E-state index >= 15 is 0 Å². The molecule has 0 unspecified atom stereocenters. The third-order valence-corrected chi connectivity index (χ3v) is 3.53. The summed E-state index contributed by atoms with van der Waals surface area (Å²) in [7, 11) is 0. The van der Waals surface area contributed by atoms with Crippen molar-refractivity contribution in [3.63, 3.8) is 0 Å². The number of pyridine rings is 1. The maximum atomic E-state index is 12.2. The van der Waals surface area contributed by atoms with E-state index in [1.54, 1.807) is 16.7 Å². The molecule has 0 amide bonds. The van der Waals surface area contributed by atoms with Crippen molar-refractivity contribution in [2.75, 3.05) is 0 Å². The van der Waals surface area contributed by atoms with Gasteiger partial charge in [-0.25, -0.2) is 9.78 Å². The molecule has 2 aromatic heterocycles. The van der Waals surface area contributed by atoms with E-state index in [0.717, 1.165) is 5.69 Å². The highest BCUT2D eigenvalue weighted by atomic mass is 35.5. The molecular weight excluding hydrogens is 322 g/mol. The molecule has 0 saturated carbocycles. The lowest BCUT2D eigenvalue weighted by Crippen LogP contribution is -2.09. The largest absolute Gasteiger partial charge is 0.422 e. The van der Waals surface area contributed by atoms with Gasteiger partial charge in [-0.3, -0.25) is 10.1 Å². The Morgan fingerprint density at radius 3 is 2.78 bits per heavy atom. The van der Waals surface area contributed by atoms with Crippen LogP contribution in [0.1, 0.15) is 16.2 Å². The van der Waals surface area contributed by atoms with Gasteiger partial charge in [0.2, 0.25) is 0 Å². The Kier molecular flexibility index (Phi) is 3.71. The minimum absolute atomic E-state index is 0.105. The lowest BCUT2D eigenvalue weighted by molar-refractivity contribution is -0.384. The van der Waals surface area contributed by atoms with Crippen LogP contribution in [-0.4, -0.2) is 20.3 Å². The van der Waals surface area contributed by atoms with Crippen molar-refractivity contribution in [2.24, 2.45) is 0 Å². The van der Waals surface area contributed by atoms with Gasteiger partial charge in [0.1, 0.15) is 16.4 Å². The van der Waals surface area contributed by atoms with Crippen LogP contribution < -0.4 is 4.74 Å². The zero-order chi connectivity index (χ0) is 16.6. The number of rotatable bonds is 3. The molecule has 0 N–H and O–H groups in total. The maximum absolute atomic E-state index is 12.2. The number of imidazole rings is 1. The number of hydrogen-bond acceptors (Lipinski definition) is 5. The predicted octanol–water partition coefficient (Wildman–Crippen LogP) is 3.42. The molecule has 116 valence electrons. The number of nitro benzene ring substituents is 1. The van der Waals surface area contributed by atoms with Gasteiger partial charge in [0, 0.05) is 24.0 Å². The monoisotopic (exact) mass is 331 g/mol. The molecular formula is C15H10ClN3O4. The van der Waals surface area contributed by atoms with E-state index in [1.807, 2.05) is 19.1 Å². The molecule has 0 spiro atoms. The third-order valence-electron chi connectivity index (χ3n) is 3.23. The third kappa shape index (κ3) is 2.86. The molecule has 0 bridgehead atoms. The van der Waals surface area contributed by atoms with Crippen LogP contribution in [0, 0.1) is 17.0 Å². The smallest absolute Gasteiger partial charge is 0.363 e. The van der Waals surface area contributed by atoms with Crippen molar-refractivity contribution in [3.8, 4) is 5.75 Å². The first-order valence-electron chi connectivity index (χ1n) is 6.56. The van der Waals surface area contributed by atoms with Gasteiger partial charge < -0.3 is 9.14 Å². The van der Waals surface area contributed by atoms with Crippen LogP contribution in [0.25, 0.3) is 5.65 Å². The number of benzene rings is 1. The van der Waals surface area contributed by atoms with E-state index in [4.69, 9.17) is 16.3 Å². The van der Waals surface area contributed by atoms with E-state index < -0.39 is 10.9 Å². The molecule has 0 radical (unpaired) electrons. The number of nitro groups is 1. The van der Waals surface area contributed by atoms with Crippen LogP contribution >= 0.6 is 11.6 Å². The molecule has 0 saturated heterocycles. The number of nitrogens with zero attached hydrogens (tertiary/aromatic N) is 3. The Bertz CT molecular complexity index is 936. The molecule has 0 aliphatic carbocycles. The molecule has 3 aromatic rings. The van der Waals surface area contributed by atoms with Gasteiger partial charge in [0.15, 0.2) is 5.69 Å². The van der Waals surface area contributed by atoms with Gasteiger partial charge in [0.25, 0.3) is 5.69 Å². The van der Waals surface area contributed by atoms with Crippen molar-refractivity contribution in [3.05, 3.63) is 69.1 Å². The second-order valence-corrected chi connectivity index (χ2v) is 5.19. The van der Waals surface area contributed by atoms with E-state index in [9.17, 15) is 14.9 Å². The molecule has 0 aliphatic heterocycles. The summed E-state index contributed by atoms with van der Waals surface area (Å²) in [6.07, 6.45) is 1.57. The molecule has 23 heavy (non-hydrogen) atoms. The Balaban J connectivity index is 1.87. The molecule has 3 rings (SSSR count). The lowest BCUT2D eigenvalue weighted by Gasteiger charge is -2.02. The number of aryl methyl sites for hydroxylation is 1. The van der Waals surface area contributed by atoms with Crippen LogP contribution in [0.15, 0.2) is 42.6 Å². The highest BCUT2D eigenvalue weighted by Crippen LogP contribution is 2.28. The SMILES string of the molecule is Cc1cccc2nc(C(=O)Oc3ccc([N+](=O)[O-])c(Cl)c3)cn12. The number of halogens is 1. The van der Waals surface area contributed by atoms with Crippen molar-refractivity contribution in [1.29, 1.82) is 0 Å². The normalized spacial score (nSPS) is 10.7. The van der Waals surface area contributed by atoms with Gasteiger partial charge in [-0.15, -0.1) is 0 Å². The zero-order valence-electron chi connectivity index (χ0n) is 11.9. The number of carbonyl (C=O) groups excluding carboxylic acids is 1. The molecule has 8 heteroatoms. The van der Waals surface area contributed by atoms with Crippen molar-refractivity contribution in [1.82, 2.24) is 9.38 Å². The van der Waals surface area contributed by atoms with E-state index in [2.05, 4.69) is 4.98 Å². The number of fused-ring (bicyclic) bond motifs is 1. The molecule has 0 atom stereocenters. The highest BCUT2D eigenvalue weighted by Gasteiger charge is 2.17. The number of aromatic nitrogens is 2. The second-order valence-electron chi connectivity index (χ2n) is 4.78. The van der Waals surface area contributed by atoms with Gasteiger partial charge in [0.05, 0.1) is 4.92 Å². The van der Waals surface area contributed by atoms with Crippen LogP contribution in [0.2, 0.25) is 5.02 Å². The quantitative estimate of drug-likeness (QED) is 0.317. The second kappa shape index (κ2) is 5.69. The zero-order valence-corrected chi connectivity index (χ0v) is 12.6. The topological polar surface area (TPSA) is 86.7 Å². The average Bonchev–Trinajstić information content (AvgIpc) is 2.92. The molecule has 7 nitrogen and oxygen atoms in total.